The van der Waals surface area contributed by atoms with Crippen LogP contribution in [-0.2, 0) is 30.6 Å². The largest absolute Gasteiger partial charge is 0.416 e. The van der Waals surface area contributed by atoms with Gasteiger partial charge in [0, 0.05) is 31.4 Å². The fourth-order valence-electron chi connectivity index (χ4n) is 4.61. The van der Waals surface area contributed by atoms with Crippen molar-refractivity contribution < 1.29 is 31.5 Å². The molecule has 0 saturated heterocycles. The lowest BCUT2D eigenvalue weighted by Gasteiger charge is -2.35. The summed E-state index contributed by atoms with van der Waals surface area (Å²) < 4.78 is 72.6. The number of nitrogens with zero attached hydrogens (tertiary/aromatic N) is 2. The lowest BCUT2D eigenvalue weighted by Crippen LogP contribution is -2.43. The Morgan fingerprint density at radius 3 is 2.47 bits per heavy atom. The number of amides is 2. The molecule has 1 N–H and O–H groups in total. The number of pyridine rings is 1. The zero-order valence-electron chi connectivity index (χ0n) is 17.8. The number of aromatic nitrogens is 1. The highest BCUT2D eigenvalue weighted by atomic mass is 19.4. The van der Waals surface area contributed by atoms with Gasteiger partial charge >= 0.3 is 12.2 Å². The maximum Gasteiger partial charge on any atom is 0.416 e. The van der Waals surface area contributed by atoms with E-state index in [9.17, 15) is 31.5 Å². The van der Waals surface area contributed by atoms with E-state index in [0.717, 1.165) is 24.3 Å². The van der Waals surface area contributed by atoms with Crippen LogP contribution in [0.3, 0.4) is 0 Å². The number of hydrogen-bond acceptors (Lipinski definition) is 3. The summed E-state index contributed by atoms with van der Waals surface area (Å²) in [5.41, 5.74) is 0.409. The molecule has 2 aliphatic rings. The Morgan fingerprint density at radius 1 is 1.09 bits per heavy atom. The molecule has 0 fully saturated rings. The number of likely N-dealkylation sites (N-methyl/N-ethyl adjacent to an activating group) is 1. The highest BCUT2D eigenvalue weighted by Crippen LogP contribution is 2.36. The highest BCUT2D eigenvalue weighted by molar-refractivity contribution is 5.87. The number of ether oxygens (including phenoxy) is 1. The van der Waals surface area contributed by atoms with Gasteiger partial charge in [-0.1, -0.05) is 6.07 Å². The standard InChI is InChI=1S/C23H18F5N3O3/c1-30(22(33)31-7-11-2-3-13(23(26,27)28)4-12(11)8-31)19-10-34-9-18-20(19)14-5-16(24)17(25)6-15(14)21(32)29-18/h2-6,19H,7-10H2,1H3,(H,29,32)/t19-/m0/s1. The van der Waals surface area contributed by atoms with Gasteiger partial charge in [0.25, 0.3) is 5.56 Å². The first-order valence-corrected chi connectivity index (χ1v) is 10.4. The monoisotopic (exact) mass is 479 g/mol. The van der Waals surface area contributed by atoms with Crippen molar-refractivity contribution in [3.8, 4) is 0 Å². The van der Waals surface area contributed by atoms with Gasteiger partial charge in [0.05, 0.1) is 30.2 Å². The molecule has 0 radical (unpaired) electrons. The van der Waals surface area contributed by atoms with E-state index in [1.165, 1.54) is 22.9 Å². The van der Waals surface area contributed by atoms with Gasteiger partial charge in [-0.15, -0.1) is 0 Å². The van der Waals surface area contributed by atoms with Crippen LogP contribution >= 0.6 is 0 Å². The second-order valence-corrected chi connectivity index (χ2v) is 8.42. The van der Waals surface area contributed by atoms with Gasteiger partial charge in [0.2, 0.25) is 0 Å². The van der Waals surface area contributed by atoms with E-state index < -0.39 is 41.0 Å². The normalized spacial score (nSPS) is 17.6. The van der Waals surface area contributed by atoms with Gasteiger partial charge in [-0.05, 0) is 40.8 Å². The molecule has 0 saturated carbocycles. The van der Waals surface area contributed by atoms with E-state index in [0.29, 0.717) is 22.4 Å². The molecule has 2 aromatic carbocycles. The second-order valence-electron chi connectivity index (χ2n) is 8.42. The van der Waals surface area contributed by atoms with E-state index in [1.807, 2.05) is 0 Å². The number of alkyl halides is 3. The number of halogens is 5. The lowest BCUT2D eigenvalue weighted by atomic mass is 9.95. The minimum atomic E-state index is -4.49. The average molecular weight is 479 g/mol. The molecule has 2 amide bonds. The molecule has 0 aliphatic carbocycles. The summed E-state index contributed by atoms with van der Waals surface area (Å²) in [4.78, 5) is 31.0. The summed E-state index contributed by atoms with van der Waals surface area (Å²) in [5.74, 6) is -2.30. The number of fused-ring (bicyclic) bond motifs is 4. The molecular weight excluding hydrogens is 461 g/mol. The molecule has 34 heavy (non-hydrogen) atoms. The number of aromatic amines is 1. The fraction of sp³-hybridized carbons (Fsp3) is 0.304. The van der Waals surface area contributed by atoms with Crippen LogP contribution in [0, 0.1) is 11.6 Å². The van der Waals surface area contributed by atoms with Gasteiger partial charge in [-0.25, -0.2) is 13.6 Å². The Bertz CT molecular complexity index is 1380. The molecule has 0 spiro atoms. The zero-order valence-corrected chi connectivity index (χ0v) is 17.8. The number of carbonyl (C=O) groups is 1. The van der Waals surface area contributed by atoms with Crippen LogP contribution in [0.25, 0.3) is 10.8 Å². The van der Waals surface area contributed by atoms with Gasteiger partial charge < -0.3 is 19.5 Å². The molecule has 1 aromatic heterocycles. The van der Waals surface area contributed by atoms with Crippen molar-refractivity contribution in [1.82, 2.24) is 14.8 Å². The van der Waals surface area contributed by atoms with Crippen LogP contribution in [0.1, 0.15) is 34.0 Å². The van der Waals surface area contributed by atoms with Crippen molar-refractivity contribution in [3.63, 3.8) is 0 Å². The van der Waals surface area contributed by atoms with E-state index >= 15 is 0 Å². The van der Waals surface area contributed by atoms with Crippen molar-refractivity contribution in [2.24, 2.45) is 0 Å². The lowest BCUT2D eigenvalue weighted by molar-refractivity contribution is -0.137. The number of rotatable bonds is 1. The predicted octanol–water partition coefficient (Wildman–Crippen LogP) is 4.46. The third-order valence-corrected chi connectivity index (χ3v) is 6.34. The Labute approximate surface area is 189 Å². The molecule has 0 unspecified atom stereocenters. The third-order valence-electron chi connectivity index (χ3n) is 6.34. The van der Waals surface area contributed by atoms with E-state index in [2.05, 4.69) is 4.98 Å². The Hall–Kier alpha value is -3.47. The third kappa shape index (κ3) is 3.60. The minimum Gasteiger partial charge on any atom is -0.373 e. The number of carbonyl (C=O) groups excluding carboxylic acids is 1. The number of urea groups is 1. The van der Waals surface area contributed by atoms with Crippen molar-refractivity contribution in [2.45, 2.75) is 31.9 Å². The first kappa shape index (κ1) is 22.3. The summed E-state index contributed by atoms with van der Waals surface area (Å²) in [6.45, 7) is 0.181. The molecule has 1 atom stereocenters. The van der Waals surface area contributed by atoms with Crippen molar-refractivity contribution in [3.05, 3.63) is 80.3 Å². The number of nitrogens with one attached hydrogen (secondary N) is 1. The second kappa shape index (κ2) is 7.79. The van der Waals surface area contributed by atoms with Crippen LogP contribution in [-0.4, -0.2) is 34.5 Å². The maximum absolute atomic E-state index is 14.1. The smallest absolute Gasteiger partial charge is 0.373 e. The Balaban J connectivity index is 1.48. The quantitative estimate of drug-likeness (QED) is 0.524. The highest BCUT2D eigenvalue weighted by Gasteiger charge is 2.36. The predicted molar refractivity (Wildman–Crippen MR) is 111 cm³/mol. The van der Waals surface area contributed by atoms with Crippen molar-refractivity contribution in [2.75, 3.05) is 13.7 Å². The van der Waals surface area contributed by atoms with Crippen molar-refractivity contribution >= 4 is 16.8 Å². The molecule has 0 bridgehead atoms. The summed E-state index contributed by atoms with van der Waals surface area (Å²) in [7, 11) is 1.49. The summed E-state index contributed by atoms with van der Waals surface area (Å²) in [6.07, 6.45) is -4.49. The van der Waals surface area contributed by atoms with Crippen LogP contribution in [0.2, 0.25) is 0 Å². The number of H-pyrrole nitrogens is 1. The summed E-state index contributed by atoms with van der Waals surface area (Å²) in [6, 6.07) is 3.91. The first-order chi connectivity index (χ1) is 16.0. The van der Waals surface area contributed by atoms with Gasteiger partial charge in [0.15, 0.2) is 11.6 Å². The first-order valence-electron chi connectivity index (χ1n) is 10.4. The number of hydrogen-bond donors (Lipinski definition) is 1. The van der Waals surface area contributed by atoms with Gasteiger partial charge in [-0.3, -0.25) is 4.79 Å². The van der Waals surface area contributed by atoms with E-state index in [4.69, 9.17) is 4.74 Å². The average Bonchev–Trinajstić information content (AvgIpc) is 3.22. The molecule has 2 aliphatic heterocycles. The molecular formula is C23H18F5N3O3. The van der Waals surface area contributed by atoms with Crippen LogP contribution in [0.15, 0.2) is 35.1 Å². The molecule has 6 nitrogen and oxygen atoms in total. The van der Waals surface area contributed by atoms with Gasteiger partial charge in [-0.2, -0.15) is 13.2 Å². The topological polar surface area (TPSA) is 65.6 Å². The number of benzene rings is 2. The fourth-order valence-corrected chi connectivity index (χ4v) is 4.61. The summed E-state index contributed by atoms with van der Waals surface area (Å²) >= 11 is 0. The van der Waals surface area contributed by atoms with Crippen LogP contribution in [0.4, 0.5) is 26.7 Å². The minimum absolute atomic E-state index is 0.00489. The molecule has 3 aromatic rings. The van der Waals surface area contributed by atoms with E-state index in [1.54, 1.807) is 0 Å². The maximum atomic E-state index is 14.1. The Kier molecular flexibility index (Phi) is 5.12. The molecule has 5 rings (SSSR count). The molecule has 11 heteroatoms. The summed E-state index contributed by atoms with van der Waals surface area (Å²) in [5, 5.41) is 0.115. The van der Waals surface area contributed by atoms with Crippen LogP contribution < -0.4 is 5.56 Å². The van der Waals surface area contributed by atoms with E-state index in [-0.39, 0.29) is 37.1 Å². The Morgan fingerprint density at radius 2 is 1.76 bits per heavy atom. The zero-order chi connectivity index (χ0) is 24.4. The molecule has 178 valence electrons. The van der Waals surface area contributed by atoms with Crippen LogP contribution in [0.5, 0.6) is 0 Å². The molecule has 3 heterocycles. The van der Waals surface area contributed by atoms with Crippen molar-refractivity contribution in [1.29, 1.82) is 0 Å². The van der Waals surface area contributed by atoms with Gasteiger partial charge in [0.1, 0.15) is 0 Å². The SMILES string of the molecule is CN(C(=O)N1Cc2ccc(C(F)(F)F)cc2C1)[C@H]1COCc2[nH]c(=O)c3cc(F)c(F)cc3c21.